The van der Waals surface area contributed by atoms with E-state index < -0.39 is 0 Å². The predicted molar refractivity (Wildman–Crippen MR) is 124 cm³/mol. The molecule has 5 nitrogen and oxygen atoms in total. The largest absolute Gasteiger partial charge is 0.339 e. The first-order valence-corrected chi connectivity index (χ1v) is 11.2. The zero-order valence-electron chi connectivity index (χ0n) is 17.4. The second-order valence-corrected chi connectivity index (χ2v) is 8.86. The van der Waals surface area contributed by atoms with Crippen LogP contribution in [0.4, 0.5) is 0 Å². The van der Waals surface area contributed by atoms with E-state index in [1.807, 2.05) is 36.2 Å². The van der Waals surface area contributed by atoms with Crippen LogP contribution in [0.25, 0.3) is 16.3 Å². The molecule has 0 radical (unpaired) electrons. The number of thiazole rings is 1. The molecule has 0 spiro atoms. The van der Waals surface area contributed by atoms with Gasteiger partial charge in [0.05, 0.1) is 23.3 Å². The van der Waals surface area contributed by atoms with Crippen molar-refractivity contribution in [2.75, 3.05) is 46.3 Å². The summed E-state index contributed by atoms with van der Waals surface area (Å²) in [4.78, 5) is 23.8. The molecule has 156 valence electrons. The van der Waals surface area contributed by atoms with Crippen LogP contribution in [0.5, 0.6) is 0 Å². The van der Waals surface area contributed by atoms with Crippen LogP contribution in [-0.4, -0.2) is 71.9 Å². The molecule has 6 heteroatoms. The van der Waals surface area contributed by atoms with Gasteiger partial charge in [0, 0.05) is 32.7 Å². The highest BCUT2D eigenvalue weighted by Gasteiger charge is 2.21. The van der Waals surface area contributed by atoms with E-state index in [1.165, 1.54) is 10.3 Å². The van der Waals surface area contributed by atoms with Gasteiger partial charge in [-0.3, -0.25) is 14.6 Å². The summed E-state index contributed by atoms with van der Waals surface area (Å²) in [5.41, 5.74) is 2.26. The summed E-state index contributed by atoms with van der Waals surface area (Å²) in [6, 6.07) is 18.5. The number of fused-ring (bicyclic) bond motifs is 1. The number of piperazine rings is 1. The lowest BCUT2D eigenvalue weighted by molar-refractivity contribution is -0.133. The van der Waals surface area contributed by atoms with Crippen molar-refractivity contribution in [1.29, 1.82) is 0 Å². The Balaban J connectivity index is 1.20. The third kappa shape index (κ3) is 5.53. The van der Waals surface area contributed by atoms with Crippen molar-refractivity contribution in [2.45, 2.75) is 6.54 Å². The first-order valence-electron chi connectivity index (χ1n) is 10.4. The Hall–Kier alpha value is -2.54. The molecule has 1 amide bonds. The van der Waals surface area contributed by atoms with Crippen LogP contribution in [0, 0.1) is 0 Å². The summed E-state index contributed by atoms with van der Waals surface area (Å²) in [7, 11) is 1.99. The molecule has 2 aromatic carbocycles. The molecule has 0 atom stereocenters. The number of likely N-dealkylation sites (N-methyl/N-ethyl adjacent to an activating group) is 1. The van der Waals surface area contributed by atoms with Crippen molar-refractivity contribution in [1.82, 2.24) is 19.7 Å². The number of amides is 1. The monoisotopic (exact) mass is 420 g/mol. The quantitative estimate of drug-likeness (QED) is 0.586. The molecule has 1 saturated heterocycles. The predicted octanol–water partition coefficient (Wildman–Crippen LogP) is 3.59. The number of aromatic nitrogens is 1. The van der Waals surface area contributed by atoms with Crippen molar-refractivity contribution in [2.24, 2.45) is 0 Å². The zero-order chi connectivity index (χ0) is 20.8. The standard InChI is InChI=1S/C24H28N4OS/c1-26(18-23-25-21-11-5-6-12-22(21)30-23)19-24(29)28-16-14-27(15-17-28)13-7-10-20-8-3-2-4-9-20/h2-12H,13-19H2,1H3/b10-7+. The van der Waals surface area contributed by atoms with E-state index in [1.54, 1.807) is 11.3 Å². The first kappa shape index (κ1) is 20.7. The van der Waals surface area contributed by atoms with E-state index in [0.717, 1.165) is 43.2 Å². The number of benzene rings is 2. The Morgan fingerprint density at radius 2 is 1.80 bits per heavy atom. The van der Waals surface area contributed by atoms with E-state index in [2.05, 4.69) is 57.3 Å². The number of rotatable bonds is 7. The smallest absolute Gasteiger partial charge is 0.236 e. The molecule has 0 N–H and O–H groups in total. The molecule has 4 rings (SSSR count). The highest BCUT2D eigenvalue weighted by atomic mass is 32.1. The Morgan fingerprint density at radius 3 is 2.57 bits per heavy atom. The summed E-state index contributed by atoms with van der Waals surface area (Å²) in [5.74, 6) is 0.207. The lowest BCUT2D eigenvalue weighted by Crippen LogP contribution is -2.50. The molecular weight excluding hydrogens is 392 g/mol. The van der Waals surface area contributed by atoms with Gasteiger partial charge in [0.15, 0.2) is 0 Å². The summed E-state index contributed by atoms with van der Waals surface area (Å²) < 4.78 is 1.20. The lowest BCUT2D eigenvalue weighted by Gasteiger charge is -2.35. The van der Waals surface area contributed by atoms with Crippen LogP contribution >= 0.6 is 11.3 Å². The van der Waals surface area contributed by atoms with Gasteiger partial charge in [-0.05, 0) is 24.7 Å². The van der Waals surface area contributed by atoms with Crippen LogP contribution in [0.1, 0.15) is 10.6 Å². The minimum absolute atomic E-state index is 0.207. The van der Waals surface area contributed by atoms with Crippen LogP contribution in [-0.2, 0) is 11.3 Å². The average molecular weight is 421 g/mol. The molecule has 30 heavy (non-hydrogen) atoms. The van der Waals surface area contributed by atoms with Gasteiger partial charge in [0.1, 0.15) is 5.01 Å². The van der Waals surface area contributed by atoms with Gasteiger partial charge in [-0.25, -0.2) is 4.98 Å². The maximum absolute atomic E-state index is 12.7. The van der Waals surface area contributed by atoms with Crippen LogP contribution in [0.3, 0.4) is 0 Å². The second kappa shape index (κ2) is 9.98. The van der Waals surface area contributed by atoms with E-state index in [9.17, 15) is 4.79 Å². The molecule has 0 bridgehead atoms. The maximum atomic E-state index is 12.7. The second-order valence-electron chi connectivity index (χ2n) is 7.74. The maximum Gasteiger partial charge on any atom is 0.236 e. The van der Waals surface area contributed by atoms with Gasteiger partial charge >= 0.3 is 0 Å². The van der Waals surface area contributed by atoms with E-state index in [4.69, 9.17) is 0 Å². The molecule has 1 aromatic heterocycles. The van der Waals surface area contributed by atoms with Crippen molar-refractivity contribution >= 4 is 33.5 Å². The average Bonchev–Trinajstić information content (AvgIpc) is 3.17. The summed E-state index contributed by atoms with van der Waals surface area (Å²) in [6.45, 7) is 5.51. The summed E-state index contributed by atoms with van der Waals surface area (Å²) in [5, 5.41) is 1.06. The highest BCUT2D eigenvalue weighted by molar-refractivity contribution is 7.18. The number of hydrogen-bond acceptors (Lipinski definition) is 5. The van der Waals surface area contributed by atoms with Gasteiger partial charge in [-0.2, -0.15) is 0 Å². The number of para-hydroxylation sites is 1. The molecule has 2 heterocycles. The molecule has 0 aliphatic carbocycles. The Bertz CT molecular complexity index is 960. The van der Waals surface area contributed by atoms with Gasteiger partial charge in [0.2, 0.25) is 5.91 Å². The molecule has 0 unspecified atom stereocenters. The first-order chi connectivity index (χ1) is 14.7. The third-order valence-electron chi connectivity index (χ3n) is 5.35. The molecule has 0 saturated carbocycles. The summed E-state index contributed by atoms with van der Waals surface area (Å²) >= 11 is 1.70. The van der Waals surface area contributed by atoms with Gasteiger partial charge < -0.3 is 4.90 Å². The minimum atomic E-state index is 0.207. The van der Waals surface area contributed by atoms with Crippen LogP contribution < -0.4 is 0 Å². The normalized spacial score (nSPS) is 15.5. The fourth-order valence-electron chi connectivity index (χ4n) is 3.69. The third-order valence-corrected chi connectivity index (χ3v) is 6.37. The van der Waals surface area contributed by atoms with Gasteiger partial charge in [-0.1, -0.05) is 54.6 Å². The highest BCUT2D eigenvalue weighted by Crippen LogP contribution is 2.22. The van der Waals surface area contributed by atoms with Crippen molar-refractivity contribution in [3.8, 4) is 0 Å². The molecule has 3 aromatic rings. The summed E-state index contributed by atoms with van der Waals surface area (Å²) in [6.07, 6.45) is 4.37. The fraction of sp³-hybridized carbons (Fsp3) is 0.333. The fourth-order valence-corrected chi connectivity index (χ4v) is 4.73. The Labute approximate surface area is 182 Å². The number of carbonyl (C=O) groups excluding carboxylic acids is 1. The Kier molecular flexibility index (Phi) is 6.89. The van der Waals surface area contributed by atoms with E-state index in [-0.39, 0.29) is 5.91 Å². The van der Waals surface area contributed by atoms with Gasteiger partial charge in [-0.15, -0.1) is 11.3 Å². The molecule has 1 aliphatic rings. The molecule has 1 aliphatic heterocycles. The molecule has 1 fully saturated rings. The van der Waals surface area contributed by atoms with Gasteiger partial charge in [0.25, 0.3) is 0 Å². The van der Waals surface area contributed by atoms with Crippen molar-refractivity contribution < 1.29 is 4.79 Å². The van der Waals surface area contributed by atoms with Crippen LogP contribution in [0.15, 0.2) is 60.7 Å². The number of nitrogens with zero attached hydrogens (tertiary/aromatic N) is 4. The number of hydrogen-bond donors (Lipinski definition) is 0. The minimum Gasteiger partial charge on any atom is -0.339 e. The SMILES string of the molecule is CN(CC(=O)N1CCN(C/C=C/c2ccccc2)CC1)Cc1nc2ccccc2s1. The lowest BCUT2D eigenvalue weighted by atomic mass is 10.2. The van der Waals surface area contributed by atoms with Crippen LogP contribution in [0.2, 0.25) is 0 Å². The van der Waals surface area contributed by atoms with Crippen molar-refractivity contribution in [3.05, 3.63) is 71.2 Å². The zero-order valence-corrected chi connectivity index (χ0v) is 18.2. The van der Waals surface area contributed by atoms with Crippen molar-refractivity contribution in [3.63, 3.8) is 0 Å². The van der Waals surface area contributed by atoms with E-state index in [0.29, 0.717) is 13.1 Å². The van der Waals surface area contributed by atoms with E-state index >= 15 is 0 Å². The Morgan fingerprint density at radius 1 is 1.07 bits per heavy atom. The molecular formula is C24H28N4OS. The number of carbonyl (C=O) groups is 1. The topological polar surface area (TPSA) is 39.7 Å².